The van der Waals surface area contributed by atoms with E-state index in [1.165, 1.54) is 0 Å². The lowest BCUT2D eigenvalue weighted by Gasteiger charge is -2.08. The SMILES string of the molecule is O=C(O)Cc1ccc(-n2c(-c3ccc4ccccc4n3)n[nH]c2=S)cc1. The number of fused-ring (bicyclic) bond motifs is 1. The van der Waals surface area contributed by atoms with Crippen LogP contribution >= 0.6 is 12.2 Å². The van der Waals surface area contributed by atoms with Gasteiger partial charge in [0, 0.05) is 5.39 Å². The lowest BCUT2D eigenvalue weighted by atomic mass is 10.1. The van der Waals surface area contributed by atoms with Gasteiger partial charge in [-0.25, -0.2) is 4.98 Å². The number of H-pyrrole nitrogens is 1. The fourth-order valence-electron chi connectivity index (χ4n) is 2.84. The van der Waals surface area contributed by atoms with Crippen molar-refractivity contribution in [2.45, 2.75) is 6.42 Å². The monoisotopic (exact) mass is 362 g/mol. The van der Waals surface area contributed by atoms with E-state index in [0.29, 0.717) is 16.3 Å². The first kappa shape index (κ1) is 16.2. The maximum Gasteiger partial charge on any atom is 0.307 e. The molecule has 0 aliphatic carbocycles. The molecule has 0 atom stereocenters. The van der Waals surface area contributed by atoms with Crippen LogP contribution in [0.25, 0.3) is 28.1 Å². The number of nitrogens with zero attached hydrogens (tertiary/aromatic N) is 3. The highest BCUT2D eigenvalue weighted by Gasteiger charge is 2.13. The predicted octanol–water partition coefficient (Wildman–Crippen LogP) is 3.77. The molecule has 0 spiro atoms. The molecular weight excluding hydrogens is 348 g/mol. The van der Waals surface area contributed by atoms with Crippen LogP contribution in [0.1, 0.15) is 5.56 Å². The highest BCUT2D eigenvalue weighted by atomic mass is 32.1. The van der Waals surface area contributed by atoms with Gasteiger partial charge >= 0.3 is 5.97 Å². The Morgan fingerprint density at radius 3 is 2.62 bits per heavy atom. The number of carboxylic acid groups (broad SMARTS) is 1. The minimum atomic E-state index is -0.862. The number of hydrogen-bond acceptors (Lipinski definition) is 4. The van der Waals surface area contributed by atoms with Crippen molar-refractivity contribution in [3.63, 3.8) is 0 Å². The van der Waals surface area contributed by atoms with Gasteiger partial charge in [-0.15, -0.1) is 0 Å². The van der Waals surface area contributed by atoms with Gasteiger partial charge in [-0.05, 0) is 42.0 Å². The van der Waals surface area contributed by atoms with E-state index in [1.807, 2.05) is 48.5 Å². The number of nitrogens with one attached hydrogen (secondary N) is 1. The van der Waals surface area contributed by atoms with Crippen LogP contribution in [0.5, 0.6) is 0 Å². The molecule has 0 saturated carbocycles. The molecule has 0 fully saturated rings. The fourth-order valence-corrected chi connectivity index (χ4v) is 3.07. The summed E-state index contributed by atoms with van der Waals surface area (Å²) in [7, 11) is 0. The maximum absolute atomic E-state index is 10.8. The molecule has 0 radical (unpaired) electrons. The van der Waals surface area contributed by atoms with Crippen molar-refractivity contribution in [2.24, 2.45) is 0 Å². The number of para-hydroxylation sites is 1. The molecule has 4 aromatic rings. The number of hydrogen-bond donors (Lipinski definition) is 2. The van der Waals surface area contributed by atoms with Crippen molar-refractivity contribution >= 4 is 29.1 Å². The number of carbonyl (C=O) groups is 1. The van der Waals surface area contributed by atoms with Crippen molar-refractivity contribution in [3.05, 3.63) is 71.0 Å². The standard InChI is InChI=1S/C19H14N4O2S/c24-17(25)11-12-5-8-14(9-6-12)23-18(21-22-19(23)26)16-10-7-13-3-1-2-4-15(13)20-16/h1-10H,11H2,(H,22,26)(H,24,25). The Morgan fingerprint density at radius 1 is 1.08 bits per heavy atom. The molecule has 2 aromatic carbocycles. The van der Waals surface area contributed by atoms with Crippen LogP contribution in [0, 0.1) is 4.77 Å². The molecule has 0 bridgehead atoms. The van der Waals surface area contributed by atoms with Crippen molar-refractivity contribution in [1.29, 1.82) is 0 Å². The summed E-state index contributed by atoms with van der Waals surface area (Å²) < 4.78 is 2.23. The molecule has 2 aromatic heterocycles. The van der Waals surface area contributed by atoms with Gasteiger partial charge < -0.3 is 5.11 Å². The summed E-state index contributed by atoms with van der Waals surface area (Å²) >= 11 is 5.38. The molecule has 2 N–H and O–H groups in total. The lowest BCUT2D eigenvalue weighted by molar-refractivity contribution is -0.136. The summed E-state index contributed by atoms with van der Waals surface area (Å²) in [6.07, 6.45) is -0.0177. The van der Waals surface area contributed by atoms with E-state index < -0.39 is 5.97 Å². The Kier molecular flexibility index (Phi) is 4.06. The van der Waals surface area contributed by atoms with Crippen LogP contribution in [0.3, 0.4) is 0 Å². The molecule has 7 heteroatoms. The Bertz CT molecular complexity index is 1160. The number of aromatic nitrogens is 4. The molecule has 128 valence electrons. The third-order valence-corrected chi connectivity index (χ3v) is 4.32. The minimum absolute atomic E-state index is 0.0177. The molecule has 0 aliphatic heterocycles. The van der Waals surface area contributed by atoms with Gasteiger partial charge in [0.2, 0.25) is 0 Å². The minimum Gasteiger partial charge on any atom is -0.481 e. The first-order valence-electron chi connectivity index (χ1n) is 7.96. The van der Waals surface area contributed by atoms with E-state index in [9.17, 15) is 4.79 Å². The third kappa shape index (κ3) is 3.00. The highest BCUT2D eigenvalue weighted by Crippen LogP contribution is 2.23. The average Bonchev–Trinajstić information content (AvgIpc) is 3.03. The summed E-state index contributed by atoms with van der Waals surface area (Å²) in [6.45, 7) is 0. The molecule has 0 saturated heterocycles. The largest absolute Gasteiger partial charge is 0.481 e. The van der Waals surface area contributed by atoms with Crippen molar-refractivity contribution < 1.29 is 9.90 Å². The maximum atomic E-state index is 10.8. The van der Waals surface area contributed by atoms with E-state index in [-0.39, 0.29) is 6.42 Å². The van der Waals surface area contributed by atoms with Crippen LogP contribution in [0.15, 0.2) is 60.7 Å². The second kappa shape index (κ2) is 6.53. The van der Waals surface area contributed by atoms with Crippen LogP contribution in [-0.2, 0) is 11.2 Å². The summed E-state index contributed by atoms with van der Waals surface area (Å²) in [5.74, 6) is -0.259. The van der Waals surface area contributed by atoms with E-state index in [4.69, 9.17) is 17.3 Å². The number of benzene rings is 2. The molecule has 2 heterocycles. The van der Waals surface area contributed by atoms with E-state index in [2.05, 4.69) is 15.2 Å². The summed E-state index contributed by atoms with van der Waals surface area (Å²) in [6, 6.07) is 19.0. The predicted molar refractivity (Wildman–Crippen MR) is 101 cm³/mol. The molecule has 4 rings (SSSR count). The lowest BCUT2D eigenvalue weighted by Crippen LogP contribution is -2.02. The zero-order chi connectivity index (χ0) is 18.1. The Morgan fingerprint density at radius 2 is 1.85 bits per heavy atom. The topological polar surface area (TPSA) is 83.8 Å². The van der Waals surface area contributed by atoms with E-state index in [1.54, 1.807) is 16.7 Å². The Hall–Kier alpha value is -3.32. The Balaban J connectivity index is 1.79. The molecular formula is C19H14N4O2S. The molecule has 0 amide bonds. The second-order valence-electron chi connectivity index (χ2n) is 5.81. The van der Waals surface area contributed by atoms with Crippen molar-refractivity contribution in [2.75, 3.05) is 0 Å². The normalized spacial score (nSPS) is 10.9. The van der Waals surface area contributed by atoms with E-state index >= 15 is 0 Å². The van der Waals surface area contributed by atoms with Gasteiger partial charge in [-0.3, -0.25) is 14.5 Å². The number of rotatable bonds is 4. The van der Waals surface area contributed by atoms with Crippen molar-refractivity contribution in [1.82, 2.24) is 19.7 Å². The molecule has 26 heavy (non-hydrogen) atoms. The smallest absolute Gasteiger partial charge is 0.307 e. The first-order valence-corrected chi connectivity index (χ1v) is 8.37. The van der Waals surface area contributed by atoms with Gasteiger partial charge in [0.1, 0.15) is 5.69 Å². The third-order valence-electron chi connectivity index (χ3n) is 4.05. The molecule has 0 aliphatic rings. The van der Waals surface area contributed by atoms with Crippen LogP contribution in [0.4, 0.5) is 0 Å². The quantitative estimate of drug-likeness (QED) is 0.540. The first-order chi connectivity index (χ1) is 12.6. The zero-order valence-electron chi connectivity index (χ0n) is 13.6. The van der Waals surface area contributed by atoms with Crippen LogP contribution in [0.2, 0.25) is 0 Å². The van der Waals surface area contributed by atoms with Crippen molar-refractivity contribution in [3.8, 4) is 17.2 Å². The average molecular weight is 362 g/mol. The number of pyridine rings is 1. The fraction of sp³-hybridized carbons (Fsp3) is 0.0526. The van der Waals surface area contributed by atoms with Gasteiger partial charge in [0.05, 0.1) is 17.6 Å². The van der Waals surface area contributed by atoms with E-state index in [0.717, 1.165) is 22.2 Å². The highest BCUT2D eigenvalue weighted by molar-refractivity contribution is 7.71. The second-order valence-corrected chi connectivity index (χ2v) is 6.20. The van der Waals surface area contributed by atoms with Gasteiger partial charge in [0.15, 0.2) is 10.6 Å². The van der Waals surface area contributed by atoms with Gasteiger partial charge in [-0.2, -0.15) is 5.10 Å². The van der Waals surface area contributed by atoms with Gasteiger partial charge in [-0.1, -0.05) is 36.4 Å². The summed E-state index contributed by atoms with van der Waals surface area (Å²) in [5.41, 5.74) is 3.09. The summed E-state index contributed by atoms with van der Waals surface area (Å²) in [4.78, 5) is 15.5. The molecule has 6 nitrogen and oxygen atoms in total. The zero-order valence-corrected chi connectivity index (χ0v) is 14.4. The van der Waals surface area contributed by atoms with Crippen LogP contribution < -0.4 is 0 Å². The molecule has 0 unspecified atom stereocenters. The number of aliphatic carboxylic acids is 1. The number of carboxylic acids is 1. The van der Waals surface area contributed by atoms with Crippen LogP contribution in [-0.4, -0.2) is 30.8 Å². The Labute approximate surface area is 153 Å². The summed E-state index contributed by atoms with van der Waals surface area (Å²) in [5, 5.41) is 17.1. The van der Waals surface area contributed by atoms with Gasteiger partial charge in [0.25, 0.3) is 0 Å². The number of aromatic amines is 1.